The van der Waals surface area contributed by atoms with Crippen LogP contribution in [0.2, 0.25) is 0 Å². The predicted octanol–water partition coefficient (Wildman–Crippen LogP) is 0.680. The van der Waals surface area contributed by atoms with Gasteiger partial charge in [-0.3, -0.25) is 0 Å². The van der Waals surface area contributed by atoms with Crippen LogP contribution in [0.25, 0.3) is 0 Å². The van der Waals surface area contributed by atoms with Crippen LogP contribution < -0.4 is 10.5 Å². The summed E-state index contributed by atoms with van der Waals surface area (Å²) in [7, 11) is -3.34. The molecule has 1 aliphatic heterocycles. The summed E-state index contributed by atoms with van der Waals surface area (Å²) in [5, 5.41) is 0. The molecule has 0 radical (unpaired) electrons. The van der Waals surface area contributed by atoms with E-state index in [0.717, 1.165) is 25.7 Å². The highest BCUT2D eigenvalue weighted by Gasteiger charge is 2.34. The van der Waals surface area contributed by atoms with Gasteiger partial charge in [-0.1, -0.05) is 20.3 Å². The molecule has 0 aromatic heterocycles. The van der Waals surface area contributed by atoms with Gasteiger partial charge in [0.25, 0.3) is 10.2 Å². The van der Waals surface area contributed by atoms with Gasteiger partial charge < -0.3 is 5.73 Å². The van der Waals surface area contributed by atoms with Gasteiger partial charge in [-0.15, -0.1) is 0 Å². The highest BCUT2D eigenvalue weighted by molar-refractivity contribution is 7.87. The summed E-state index contributed by atoms with van der Waals surface area (Å²) in [6.45, 7) is 5.60. The lowest BCUT2D eigenvalue weighted by Crippen LogP contribution is -2.53. The van der Waals surface area contributed by atoms with Crippen molar-refractivity contribution in [1.29, 1.82) is 0 Å². The van der Waals surface area contributed by atoms with Gasteiger partial charge in [-0.2, -0.15) is 12.7 Å². The Morgan fingerprint density at radius 3 is 2.65 bits per heavy atom. The van der Waals surface area contributed by atoms with Crippen LogP contribution in [-0.4, -0.2) is 38.4 Å². The van der Waals surface area contributed by atoms with E-state index >= 15 is 0 Å². The number of nitrogens with two attached hydrogens (primary N) is 1. The number of nitrogens with zero attached hydrogens (tertiary/aromatic N) is 1. The van der Waals surface area contributed by atoms with E-state index in [0.29, 0.717) is 25.6 Å². The van der Waals surface area contributed by atoms with E-state index in [4.69, 9.17) is 5.73 Å². The Kier molecular flexibility index (Phi) is 5.85. The SMILES string of the molecule is CCCNS(=O)(=O)N1CCC(CC)CC1CN. The quantitative estimate of drug-likeness (QED) is 0.740. The fourth-order valence-electron chi connectivity index (χ4n) is 2.33. The third-order valence-corrected chi connectivity index (χ3v) is 5.13. The number of nitrogens with one attached hydrogen (secondary N) is 1. The minimum absolute atomic E-state index is 0.0388. The van der Waals surface area contributed by atoms with Gasteiger partial charge in [0.05, 0.1) is 0 Å². The molecular formula is C11H25N3O2S. The first-order valence-electron chi connectivity index (χ1n) is 6.51. The summed E-state index contributed by atoms with van der Waals surface area (Å²) in [6, 6.07) is -0.0388. The minimum Gasteiger partial charge on any atom is -0.329 e. The fraction of sp³-hybridized carbons (Fsp3) is 1.00. The van der Waals surface area contributed by atoms with E-state index < -0.39 is 10.2 Å². The Balaban J connectivity index is 2.69. The topological polar surface area (TPSA) is 75.4 Å². The van der Waals surface area contributed by atoms with Gasteiger partial charge in [-0.25, -0.2) is 4.72 Å². The predicted molar refractivity (Wildman–Crippen MR) is 69.8 cm³/mol. The molecule has 2 unspecified atom stereocenters. The zero-order valence-electron chi connectivity index (χ0n) is 10.9. The summed E-state index contributed by atoms with van der Waals surface area (Å²) in [5.41, 5.74) is 5.70. The van der Waals surface area contributed by atoms with Crippen LogP contribution in [0.1, 0.15) is 39.5 Å². The van der Waals surface area contributed by atoms with Crippen molar-refractivity contribution in [3.8, 4) is 0 Å². The van der Waals surface area contributed by atoms with Gasteiger partial charge in [0, 0.05) is 25.7 Å². The summed E-state index contributed by atoms with van der Waals surface area (Å²) in [5.74, 6) is 0.612. The molecule has 2 atom stereocenters. The van der Waals surface area contributed by atoms with Crippen LogP contribution in [0.5, 0.6) is 0 Å². The van der Waals surface area contributed by atoms with Crippen LogP contribution >= 0.6 is 0 Å². The highest BCUT2D eigenvalue weighted by atomic mass is 32.2. The Morgan fingerprint density at radius 2 is 2.12 bits per heavy atom. The maximum absolute atomic E-state index is 12.1. The maximum Gasteiger partial charge on any atom is 0.279 e. The minimum atomic E-state index is -3.34. The molecule has 0 amide bonds. The van der Waals surface area contributed by atoms with Crippen molar-refractivity contribution in [2.75, 3.05) is 19.6 Å². The molecular weight excluding hydrogens is 238 g/mol. The summed E-state index contributed by atoms with van der Waals surface area (Å²) in [4.78, 5) is 0. The van der Waals surface area contributed by atoms with Crippen molar-refractivity contribution in [2.24, 2.45) is 11.7 Å². The van der Waals surface area contributed by atoms with Crippen molar-refractivity contribution in [1.82, 2.24) is 9.03 Å². The van der Waals surface area contributed by atoms with Crippen molar-refractivity contribution in [3.05, 3.63) is 0 Å². The second-order valence-corrected chi connectivity index (χ2v) is 6.41. The molecule has 1 heterocycles. The molecule has 17 heavy (non-hydrogen) atoms. The van der Waals surface area contributed by atoms with E-state index in [-0.39, 0.29) is 6.04 Å². The Labute approximate surface area is 105 Å². The van der Waals surface area contributed by atoms with Gasteiger partial charge >= 0.3 is 0 Å². The molecule has 102 valence electrons. The molecule has 3 N–H and O–H groups in total. The summed E-state index contributed by atoms with van der Waals surface area (Å²) < 4.78 is 28.3. The van der Waals surface area contributed by atoms with Gasteiger partial charge in [0.15, 0.2) is 0 Å². The summed E-state index contributed by atoms with van der Waals surface area (Å²) in [6.07, 6.45) is 3.74. The number of rotatable bonds is 6. The van der Waals surface area contributed by atoms with Gasteiger partial charge in [0.1, 0.15) is 0 Å². The zero-order chi connectivity index (χ0) is 12.9. The first-order chi connectivity index (χ1) is 8.05. The average molecular weight is 263 g/mol. The number of hydrogen-bond donors (Lipinski definition) is 2. The standard InChI is InChI=1S/C11H25N3O2S/c1-3-6-13-17(15,16)14-7-5-10(4-2)8-11(14)9-12/h10-11,13H,3-9,12H2,1-2H3. The lowest BCUT2D eigenvalue weighted by molar-refractivity contribution is 0.196. The smallest absolute Gasteiger partial charge is 0.279 e. The lowest BCUT2D eigenvalue weighted by Gasteiger charge is -2.37. The van der Waals surface area contributed by atoms with Crippen LogP contribution in [-0.2, 0) is 10.2 Å². The molecule has 0 aromatic rings. The van der Waals surface area contributed by atoms with Crippen molar-refractivity contribution < 1.29 is 8.42 Å². The molecule has 6 heteroatoms. The zero-order valence-corrected chi connectivity index (χ0v) is 11.7. The van der Waals surface area contributed by atoms with E-state index in [1.807, 2.05) is 6.92 Å². The van der Waals surface area contributed by atoms with Gasteiger partial charge in [-0.05, 0) is 25.2 Å². The molecule has 1 rings (SSSR count). The molecule has 0 bridgehead atoms. The monoisotopic (exact) mass is 263 g/mol. The number of hydrogen-bond acceptors (Lipinski definition) is 3. The Morgan fingerprint density at radius 1 is 1.41 bits per heavy atom. The van der Waals surface area contributed by atoms with Crippen molar-refractivity contribution >= 4 is 10.2 Å². The molecule has 5 nitrogen and oxygen atoms in total. The molecule has 1 fully saturated rings. The molecule has 0 saturated carbocycles. The first-order valence-corrected chi connectivity index (χ1v) is 7.95. The van der Waals surface area contributed by atoms with Crippen molar-refractivity contribution in [2.45, 2.75) is 45.6 Å². The Bertz CT molecular complexity index is 319. The van der Waals surface area contributed by atoms with Crippen molar-refractivity contribution in [3.63, 3.8) is 0 Å². The largest absolute Gasteiger partial charge is 0.329 e. The lowest BCUT2D eigenvalue weighted by atomic mass is 9.90. The van der Waals surface area contributed by atoms with Crippen LogP contribution in [0.4, 0.5) is 0 Å². The van der Waals surface area contributed by atoms with E-state index in [1.54, 1.807) is 4.31 Å². The second-order valence-electron chi connectivity index (χ2n) is 4.70. The molecule has 0 aromatic carbocycles. The normalized spacial score (nSPS) is 27.2. The second kappa shape index (κ2) is 6.68. The van der Waals surface area contributed by atoms with Gasteiger partial charge in [0.2, 0.25) is 0 Å². The summed E-state index contributed by atoms with van der Waals surface area (Å²) >= 11 is 0. The molecule has 1 saturated heterocycles. The van der Waals surface area contributed by atoms with Crippen LogP contribution in [0, 0.1) is 5.92 Å². The molecule has 0 aliphatic carbocycles. The molecule has 1 aliphatic rings. The van der Waals surface area contributed by atoms with E-state index in [9.17, 15) is 8.42 Å². The third-order valence-electron chi connectivity index (χ3n) is 3.46. The fourth-order valence-corrected chi connectivity index (χ4v) is 3.87. The van der Waals surface area contributed by atoms with Crippen LogP contribution in [0.15, 0.2) is 0 Å². The highest BCUT2D eigenvalue weighted by Crippen LogP contribution is 2.26. The van der Waals surface area contributed by atoms with E-state index in [2.05, 4.69) is 11.6 Å². The average Bonchev–Trinajstić information content (AvgIpc) is 2.35. The van der Waals surface area contributed by atoms with E-state index in [1.165, 1.54) is 0 Å². The Hall–Kier alpha value is -0.170. The first kappa shape index (κ1) is 14.9. The third kappa shape index (κ3) is 3.91. The van der Waals surface area contributed by atoms with Crippen LogP contribution in [0.3, 0.4) is 0 Å². The maximum atomic E-state index is 12.1. The number of piperidine rings is 1. The molecule has 0 spiro atoms.